The van der Waals surface area contributed by atoms with Gasteiger partial charge in [0.15, 0.2) is 0 Å². The average Bonchev–Trinajstić information content (AvgIpc) is 3.34. The van der Waals surface area contributed by atoms with Crippen LogP contribution in [0.1, 0.15) is 20.9 Å². The van der Waals surface area contributed by atoms with Crippen LogP contribution in [0, 0.1) is 0 Å². The van der Waals surface area contributed by atoms with Crippen LogP contribution in [0.5, 0.6) is 0 Å². The molecule has 30 heavy (non-hydrogen) atoms. The molecule has 0 saturated carbocycles. The molecule has 3 N–H and O–H groups in total. The molecule has 0 bridgehead atoms. The van der Waals surface area contributed by atoms with E-state index in [2.05, 4.69) is 20.4 Å². The van der Waals surface area contributed by atoms with E-state index in [1.54, 1.807) is 17.9 Å². The third-order valence-corrected chi connectivity index (χ3v) is 4.27. The van der Waals surface area contributed by atoms with Gasteiger partial charge in [-0.2, -0.15) is 0 Å². The third-order valence-electron chi connectivity index (χ3n) is 4.27. The fourth-order valence-electron chi connectivity index (χ4n) is 2.82. The summed E-state index contributed by atoms with van der Waals surface area (Å²) in [5.74, 6) is -1.19. The van der Waals surface area contributed by atoms with Crippen LogP contribution < -0.4 is 10.8 Å². The van der Waals surface area contributed by atoms with Crippen LogP contribution in [0.15, 0.2) is 77.7 Å². The van der Waals surface area contributed by atoms with Crippen LogP contribution in [-0.2, 0) is 0 Å². The molecule has 4 rings (SSSR count). The molecule has 9 heteroatoms. The molecule has 0 spiro atoms. The number of amides is 2. The van der Waals surface area contributed by atoms with Gasteiger partial charge in [-0.25, -0.2) is 10.5 Å². The summed E-state index contributed by atoms with van der Waals surface area (Å²) >= 11 is 0. The van der Waals surface area contributed by atoms with E-state index in [1.807, 2.05) is 36.4 Å². The van der Waals surface area contributed by atoms with E-state index in [0.29, 0.717) is 11.3 Å². The predicted octanol–water partition coefficient (Wildman–Crippen LogP) is 3.17. The van der Waals surface area contributed by atoms with Crippen molar-refractivity contribution in [3.63, 3.8) is 0 Å². The lowest BCUT2D eigenvalue weighted by molar-refractivity contribution is 0.0706. The van der Waals surface area contributed by atoms with Gasteiger partial charge in [0.25, 0.3) is 11.8 Å². The molecule has 0 atom stereocenters. The van der Waals surface area contributed by atoms with Crippen LogP contribution >= 0.6 is 0 Å². The van der Waals surface area contributed by atoms with Crippen LogP contribution in [0.4, 0.5) is 5.82 Å². The van der Waals surface area contributed by atoms with E-state index in [-0.39, 0.29) is 17.1 Å². The first-order valence-corrected chi connectivity index (χ1v) is 8.83. The van der Waals surface area contributed by atoms with Gasteiger partial charge in [-0.15, -0.1) is 0 Å². The number of benzene rings is 1. The zero-order valence-corrected chi connectivity index (χ0v) is 15.4. The van der Waals surface area contributed by atoms with Gasteiger partial charge < -0.3 is 9.84 Å². The fraction of sp³-hybridized carbons (Fsp3) is 0. The van der Waals surface area contributed by atoms with Crippen molar-refractivity contribution in [3.8, 4) is 22.4 Å². The Bertz CT molecular complexity index is 1180. The number of nitrogens with one attached hydrogen (secondary N) is 2. The molecular formula is C21H15N5O4. The number of hydrogen-bond donors (Lipinski definition) is 3. The lowest BCUT2D eigenvalue weighted by Gasteiger charge is -2.10. The van der Waals surface area contributed by atoms with E-state index in [1.165, 1.54) is 24.4 Å². The molecule has 3 aromatic heterocycles. The lowest BCUT2D eigenvalue weighted by Crippen LogP contribution is -2.20. The van der Waals surface area contributed by atoms with Gasteiger partial charge in [-0.1, -0.05) is 35.5 Å². The van der Waals surface area contributed by atoms with Crippen molar-refractivity contribution in [1.82, 2.24) is 20.6 Å². The second kappa shape index (κ2) is 8.33. The molecule has 9 nitrogen and oxygen atoms in total. The number of pyridine rings is 2. The Morgan fingerprint density at radius 3 is 2.37 bits per heavy atom. The number of rotatable bonds is 5. The van der Waals surface area contributed by atoms with Crippen molar-refractivity contribution in [3.05, 3.63) is 84.5 Å². The highest BCUT2D eigenvalue weighted by atomic mass is 16.5. The second-order valence-electron chi connectivity index (χ2n) is 6.22. The van der Waals surface area contributed by atoms with E-state index in [9.17, 15) is 9.59 Å². The molecule has 4 aromatic rings. The van der Waals surface area contributed by atoms with E-state index in [0.717, 1.165) is 11.1 Å². The molecule has 0 unspecified atom stereocenters. The van der Waals surface area contributed by atoms with Crippen molar-refractivity contribution in [1.29, 1.82) is 0 Å². The molecule has 0 aliphatic carbocycles. The maximum absolute atomic E-state index is 12.2. The minimum Gasteiger partial charge on any atom is -0.351 e. The van der Waals surface area contributed by atoms with Gasteiger partial charge in [-0.3, -0.25) is 19.8 Å². The SMILES string of the molecule is O=C(NO)c1cc(NC(=O)c2ccno2)nc(-c2ccc(-c3cccnc3)cc2)c1. The first-order valence-electron chi connectivity index (χ1n) is 8.83. The van der Waals surface area contributed by atoms with Crippen molar-refractivity contribution >= 4 is 17.6 Å². The molecular weight excluding hydrogens is 386 g/mol. The normalized spacial score (nSPS) is 10.4. The molecule has 0 fully saturated rings. The second-order valence-corrected chi connectivity index (χ2v) is 6.22. The molecule has 2 amide bonds. The van der Waals surface area contributed by atoms with Gasteiger partial charge >= 0.3 is 0 Å². The van der Waals surface area contributed by atoms with Gasteiger partial charge in [0, 0.05) is 29.6 Å². The summed E-state index contributed by atoms with van der Waals surface area (Å²) in [7, 11) is 0. The maximum Gasteiger partial charge on any atom is 0.295 e. The van der Waals surface area contributed by atoms with Gasteiger partial charge in [0.05, 0.1) is 11.9 Å². The topological polar surface area (TPSA) is 130 Å². The summed E-state index contributed by atoms with van der Waals surface area (Å²) in [6, 6.07) is 15.5. The monoisotopic (exact) mass is 401 g/mol. The lowest BCUT2D eigenvalue weighted by atomic mass is 10.0. The number of nitrogens with zero attached hydrogens (tertiary/aromatic N) is 3. The number of anilines is 1. The van der Waals surface area contributed by atoms with Gasteiger partial charge in [0.2, 0.25) is 5.76 Å². The molecule has 0 aliphatic rings. The summed E-state index contributed by atoms with van der Waals surface area (Å²) in [4.78, 5) is 32.7. The molecule has 0 saturated heterocycles. The number of carbonyl (C=O) groups is 2. The first kappa shape index (κ1) is 19.0. The summed E-state index contributed by atoms with van der Waals surface area (Å²) < 4.78 is 4.82. The van der Waals surface area contributed by atoms with Crippen LogP contribution in [0.3, 0.4) is 0 Å². The Balaban J connectivity index is 1.68. The molecule has 0 radical (unpaired) electrons. The van der Waals surface area contributed by atoms with Crippen LogP contribution in [-0.4, -0.2) is 32.1 Å². The Morgan fingerprint density at radius 1 is 0.900 bits per heavy atom. The number of carbonyl (C=O) groups excluding carboxylic acids is 2. The van der Waals surface area contributed by atoms with E-state index < -0.39 is 11.8 Å². The predicted molar refractivity (Wildman–Crippen MR) is 107 cm³/mol. The summed E-state index contributed by atoms with van der Waals surface area (Å²) in [5.41, 5.74) is 4.78. The molecule has 1 aromatic carbocycles. The van der Waals surface area contributed by atoms with Crippen LogP contribution in [0.2, 0.25) is 0 Å². The zero-order valence-electron chi connectivity index (χ0n) is 15.4. The average molecular weight is 401 g/mol. The quantitative estimate of drug-likeness (QED) is 0.346. The molecule has 0 aliphatic heterocycles. The maximum atomic E-state index is 12.2. The van der Waals surface area contributed by atoms with Crippen molar-refractivity contribution < 1.29 is 19.3 Å². The fourth-order valence-corrected chi connectivity index (χ4v) is 2.82. The van der Waals surface area contributed by atoms with Gasteiger partial charge in [0.1, 0.15) is 5.82 Å². The van der Waals surface area contributed by atoms with Crippen molar-refractivity contribution in [2.75, 3.05) is 5.32 Å². The standard InChI is InChI=1S/C21H15N5O4/c27-20(26-29)16-10-17(24-19(11-16)25-21(28)18-7-9-23-30-18)14-5-3-13(4-6-14)15-2-1-8-22-12-15/h1-12,29H,(H,26,27)(H,24,25,28). The molecule has 3 heterocycles. The highest BCUT2D eigenvalue weighted by molar-refractivity contribution is 6.03. The smallest absolute Gasteiger partial charge is 0.295 e. The number of aromatic nitrogens is 3. The zero-order chi connectivity index (χ0) is 20.9. The third kappa shape index (κ3) is 4.05. The minimum atomic E-state index is -0.735. The number of hydroxylamine groups is 1. The summed E-state index contributed by atoms with van der Waals surface area (Å²) in [6.07, 6.45) is 4.80. The minimum absolute atomic E-state index is 0.00353. The van der Waals surface area contributed by atoms with E-state index >= 15 is 0 Å². The Labute approximate surface area is 170 Å². The van der Waals surface area contributed by atoms with Crippen molar-refractivity contribution in [2.45, 2.75) is 0 Å². The number of hydrogen-bond acceptors (Lipinski definition) is 7. The largest absolute Gasteiger partial charge is 0.351 e. The Hall–Kier alpha value is -4.37. The van der Waals surface area contributed by atoms with Crippen molar-refractivity contribution in [2.24, 2.45) is 0 Å². The highest BCUT2D eigenvalue weighted by Gasteiger charge is 2.15. The Kier molecular flexibility index (Phi) is 5.27. The van der Waals surface area contributed by atoms with Gasteiger partial charge in [-0.05, 0) is 29.3 Å². The summed E-state index contributed by atoms with van der Waals surface area (Å²) in [6.45, 7) is 0. The summed E-state index contributed by atoms with van der Waals surface area (Å²) in [5, 5.41) is 15.0. The highest BCUT2D eigenvalue weighted by Crippen LogP contribution is 2.25. The van der Waals surface area contributed by atoms with E-state index in [4.69, 9.17) is 9.73 Å². The Morgan fingerprint density at radius 2 is 1.70 bits per heavy atom. The first-order chi connectivity index (χ1) is 14.6. The van der Waals surface area contributed by atoms with Crippen LogP contribution in [0.25, 0.3) is 22.4 Å². The molecule has 148 valence electrons.